The summed E-state index contributed by atoms with van der Waals surface area (Å²) in [6.07, 6.45) is 3.13. The summed E-state index contributed by atoms with van der Waals surface area (Å²) >= 11 is 11.8. The number of nitrogens with zero attached hydrogens (tertiary/aromatic N) is 3. The molecule has 0 fully saturated rings. The van der Waals surface area contributed by atoms with E-state index in [0.717, 1.165) is 11.1 Å². The molecule has 1 amide bonds. The topological polar surface area (TPSA) is 87.4 Å². The summed E-state index contributed by atoms with van der Waals surface area (Å²) in [6, 6.07) is 20.8. The third kappa shape index (κ3) is 7.23. The number of aliphatic imine (C=N–C) groups is 1. The van der Waals surface area contributed by atoms with Crippen molar-refractivity contribution in [3.63, 3.8) is 0 Å². The molecule has 162 valence electrons. The summed E-state index contributed by atoms with van der Waals surface area (Å²) in [4.78, 5) is 16.6. The number of halogens is 2. The van der Waals surface area contributed by atoms with Gasteiger partial charge in [0.1, 0.15) is 5.75 Å². The van der Waals surface area contributed by atoms with Crippen LogP contribution in [-0.4, -0.2) is 31.4 Å². The predicted molar refractivity (Wildman–Crippen MR) is 129 cm³/mol. The van der Waals surface area contributed by atoms with E-state index in [2.05, 4.69) is 26.0 Å². The smallest absolute Gasteiger partial charge is 0.280 e. The van der Waals surface area contributed by atoms with Gasteiger partial charge >= 0.3 is 0 Å². The normalized spacial score (nSPS) is 10.8. The minimum Gasteiger partial charge on any atom is -0.497 e. The molecule has 9 heteroatoms. The molecule has 32 heavy (non-hydrogen) atoms. The van der Waals surface area contributed by atoms with Crippen LogP contribution in [-0.2, 0) is 0 Å². The molecule has 0 atom stereocenters. The van der Waals surface area contributed by atoms with Gasteiger partial charge in [-0.05, 0) is 59.7 Å². The van der Waals surface area contributed by atoms with Crippen LogP contribution in [0.5, 0.6) is 5.75 Å². The van der Waals surface area contributed by atoms with Gasteiger partial charge in [-0.15, -0.1) is 0 Å². The van der Waals surface area contributed by atoms with Crippen LogP contribution in [0.15, 0.2) is 88.0 Å². The number of rotatable bonds is 6. The van der Waals surface area contributed by atoms with Crippen LogP contribution in [0.2, 0.25) is 10.0 Å². The van der Waals surface area contributed by atoms with E-state index in [1.807, 2.05) is 0 Å². The maximum atomic E-state index is 12.6. The summed E-state index contributed by atoms with van der Waals surface area (Å²) in [7, 11) is 1.55. The van der Waals surface area contributed by atoms with E-state index in [0.29, 0.717) is 21.4 Å². The number of amides is 1. The molecule has 0 aliphatic carbocycles. The van der Waals surface area contributed by atoms with E-state index in [9.17, 15) is 4.79 Å². The Hall–Kier alpha value is -3.68. The van der Waals surface area contributed by atoms with Gasteiger partial charge in [-0.3, -0.25) is 4.79 Å². The number of ether oxygens (including phenoxy) is 1. The number of carbonyl (C=O) groups is 1. The van der Waals surface area contributed by atoms with Crippen LogP contribution in [0.1, 0.15) is 21.5 Å². The average Bonchev–Trinajstić information content (AvgIpc) is 2.81. The molecule has 0 spiro atoms. The molecule has 0 aliphatic heterocycles. The van der Waals surface area contributed by atoms with Crippen molar-refractivity contribution >= 4 is 47.5 Å². The highest BCUT2D eigenvalue weighted by Gasteiger charge is 2.07. The van der Waals surface area contributed by atoms with Gasteiger partial charge in [0, 0.05) is 15.6 Å². The fraction of sp³-hybridized carbons (Fsp3) is 0.0435. The molecule has 0 aliphatic rings. The number of hydrogen-bond donors (Lipinski definition) is 2. The van der Waals surface area contributed by atoms with Gasteiger partial charge in [0.2, 0.25) is 5.96 Å². The van der Waals surface area contributed by atoms with Gasteiger partial charge < -0.3 is 4.74 Å². The Morgan fingerprint density at radius 3 is 1.69 bits per heavy atom. The lowest BCUT2D eigenvalue weighted by atomic mass is 10.2. The summed E-state index contributed by atoms with van der Waals surface area (Å²) in [5, 5.41) is 9.47. The summed E-state index contributed by atoms with van der Waals surface area (Å²) < 4.78 is 5.11. The lowest BCUT2D eigenvalue weighted by Gasteiger charge is -2.05. The first-order valence-electron chi connectivity index (χ1n) is 9.40. The minimum atomic E-state index is -0.481. The third-order valence-corrected chi connectivity index (χ3v) is 4.56. The average molecular weight is 468 g/mol. The van der Waals surface area contributed by atoms with Gasteiger partial charge in [-0.25, -0.2) is 10.9 Å². The van der Waals surface area contributed by atoms with Crippen LogP contribution < -0.4 is 15.6 Å². The van der Waals surface area contributed by atoms with E-state index < -0.39 is 5.91 Å². The minimum absolute atomic E-state index is 0.0428. The Labute approximate surface area is 195 Å². The molecule has 0 saturated carbocycles. The number of benzene rings is 3. The summed E-state index contributed by atoms with van der Waals surface area (Å²) in [5.74, 6) is 0.203. The number of guanidine groups is 1. The highest BCUT2D eigenvalue weighted by molar-refractivity contribution is 6.30. The molecule has 0 unspecified atom stereocenters. The van der Waals surface area contributed by atoms with Crippen molar-refractivity contribution in [1.29, 1.82) is 0 Å². The molecule has 0 bridgehead atoms. The molecule has 0 aromatic heterocycles. The Bertz CT molecular complexity index is 1070. The van der Waals surface area contributed by atoms with Gasteiger partial charge in [0.05, 0.1) is 19.5 Å². The van der Waals surface area contributed by atoms with Gasteiger partial charge in [0.15, 0.2) is 0 Å². The Balaban J connectivity index is 1.74. The van der Waals surface area contributed by atoms with E-state index in [4.69, 9.17) is 27.9 Å². The molecule has 2 N–H and O–H groups in total. The highest BCUT2D eigenvalue weighted by atomic mass is 35.5. The van der Waals surface area contributed by atoms with Crippen LogP contribution >= 0.6 is 23.2 Å². The molecule has 7 nitrogen and oxygen atoms in total. The van der Waals surface area contributed by atoms with E-state index in [1.54, 1.807) is 92.3 Å². The lowest BCUT2D eigenvalue weighted by Crippen LogP contribution is -2.32. The van der Waals surface area contributed by atoms with Crippen molar-refractivity contribution in [2.75, 3.05) is 7.11 Å². The maximum absolute atomic E-state index is 12.6. The van der Waals surface area contributed by atoms with E-state index >= 15 is 0 Å². The van der Waals surface area contributed by atoms with E-state index in [-0.39, 0.29) is 5.96 Å². The van der Waals surface area contributed by atoms with Crippen LogP contribution in [0.25, 0.3) is 0 Å². The fourth-order valence-corrected chi connectivity index (χ4v) is 2.66. The lowest BCUT2D eigenvalue weighted by molar-refractivity contribution is 0.100. The number of hydrogen-bond acceptors (Lipinski definition) is 4. The molecule has 3 aromatic rings. The zero-order valence-electron chi connectivity index (χ0n) is 17.0. The van der Waals surface area contributed by atoms with Crippen molar-refractivity contribution in [2.45, 2.75) is 0 Å². The second-order valence-corrected chi connectivity index (χ2v) is 7.21. The number of hydrazone groups is 2. The van der Waals surface area contributed by atoms with Crippen LogP contribution in [0.4, 0.5) is 0 Å². The molecule has 0 heterocycles. The second kappa shape index (κ2) is 11.6. The van der Waals surface area contributed by atoms with Gasteiger partial charge in [-0.1, -0.05) is 47.5 Å². The molecule has 0 saturated heterocycles. The van der Waals surface area contributed by atoms with Crippen LogP contribution in [0.3, 0.4) is 0 Å². The monoisotopic (exact) mass is 467 g/mol. The van der Waals surface area contributed by atoms with Crippen molar-refractivity contribution in [1.82, 2.24) is 10.9 Å². The SMILES string of the molecule is COc1ccc(C(=O)N=C(NN=Cc2ccc(Cl)cc2)NN=Cc2ccc(Cl)cc2)cc1. The number of methoxy groups -OCH3 is 1. The molecule has 3 aromatic carbocycles. The number of nitrogens with one attached hydrogen (secondary N) is 2. The van der Waals surface area contributed by atoms with Gasteiger partial charge in [0.25, 0.3) is 5.91 Å². The summed E-state index contributed by atoms with van der Waals surface area (Å²) in [5.41, 5.74) is 7.40. The molecule has 0 radical (unpaired) electrons. The van der Waals surface area contributed by atoms with E-state index in [1.165, 1.54) is 0 Å². The quantitative estimate of drug-likeness (QED) is 0.311. The predicted octanol–water partition coefficient (Wildman–Crippen LogP) is 4.75. The Kier molecular flexibility index (Phi) is 8.36. The third-order valence-electron chi connectivity index (χ3n) is 4.06. The largest absolute Gasteiger partial charge is 0.497 e. The second-order valence-electron chi connectivity index (χ2n) is 6.34. The standard InChI is InChI=1S/C23H19Cl2N5O2/c1-32-21-12-6-18(7-13-21)22(31)28-23(29-26-14-16-2-8-19(24)9-3-16)30-27-15-17-4-10-20(25)11-5-17/h2-15H,1H3,(H2,28,29,30,31). The molecular weight excluding hydrogens is 449 g/mol. The van der Waals surface area contributed by atoms with Crippen LogP contribution in [0, 0.1) is 0 Å². The summed E-state index contributed by atoms with van der Waals surface area (Å²) in [6.45, 7) is 0. The van der Waals surface area contributed by atoms with Crippen molar-refractivity contribution in [3.05, 3.63) is 99.5 Å². The first-order chi connectivity index (χ1) is 15.5. The highest BCUT2D eigenvalue weighted by Crippen LogP contribution is 2.12. The first-order valence-corrected chi connectivity index (χ1v) is 10.2. The van der Waals surface area contributed by atoms with Crippen molar-refractivity contribution in [3.8, 4) is 5.75 Å². The molecular formula is C23H19Cl2N5O2. The zero-order valence-corrected chi connectivity index (χ0v) is 18.5. The zero-order chi connectivity index (χ0) is 22.8. The fourth-order valence-electron chi connectivity index (χ4n) is 2.41. The Morgan fingerprint density at radius 1 is 0.781 bits per heavy atom. The van der Waals surface area contributed by atoms with Gasteiger partial charge in [-0.2, -0.15) is 15.2 Å². The Morgan fingerprint density at radius 2 is 1.25 bits per heavy atom. The first kappa shape index (κ1) is 23.0. The van der Waals surface area contributed by atoms with Crippen molar-refractivity contribution < 1.29 is 9.53 Å². The van der Waals surface area contributed by atoms with Crippen molar-refractivity contribution in [2.24, 2.45) is 15.2 Å². The maximum Gasteiger partial charge on any atom is 0.280 e. The molecule has 3 rings (SSSR count). The number of carbonyl (C=O) groups excluding carboxylic acids is 1.